The Labute approximate surface area is 162 Å². The molecule has 27 heavy (non-hydrogen) atoms. The van der Waals surface area contributed by atoms with E-state index in [-0.39, 0.29) is 11.4 Å². The van der Waals surface area contributed by atoms with Crippen molar-refractivity contribution in [3.63, 3.8) is 0 Å². The van der Waals surface area contributed by atoms with Crippen molar-refractivity contribution < 1.29 is 4.79 Å². The SMILES string of the molecule is CCn1nc(C)cc1C(=O)N1CCC2(CC1)CC(c1ccccc1)CN2C. The molecule has 1 spiro atoms. The van der Waals surface area contributed by atoms with E-state index in [9.17, 15) is 4.79 Å². The summed E-state index contributed by atoms with van der Waals surface area (Å²) in [6, 6.07) is 12.8. The highest BCUT2D eigenvalue weighted by Gasteiger charge is 2.46. The Morgan fingerprint density at radius 3 is 2.59 bits per heavy atom. The minimum absolute atomic E-state index is 0.132. The molecule has 0 saturated carbocycles. The minimum Gasteiger partial charge on any atom is -0.337 e. The number of hydrogen-bond donors (Lipinski definition) is 0. The van der Waals surface area contributed by atoms with Crippen molar-refractivity contribution in [1.82, 2.24) is 19.6 Å². The molecule has 144 valence electrons. The van der Waals surface area contributed by atoms with E-state index < -0.39 is 0 Å². The number of nitrogens with zero attached hydrogens (tertiary/aromatic N) is 4. The first-order chi connectivity index (χ1) is 13.0. The fourth-order valence-corrected chi connectivity index (χ4v) is 4.98. The standard InChI is InChI=1S/C22H30N4O/c1-4-26-20(14-17(2)23-26)21(27)25-12-10-22(11-13-25)15-19(16-24(22)3)18-8-6-5-7-9-18/h5-9,14,19H,4,10-13,15-16H2,1-3H3. The smallest absolute Gasteiger partial charge is 0.272 e. The van der Waals surface area contributed by atoms with Crippen LogP contribution < -0.4 is 0 Å². The Kier molecular flexibility index (Phi) is 4.81. The van der Waals surface area contributed by atoms with Crippen LogP contribution in [0.25, 0.3) is 0 Å². The normalized spacial score (nSPS) is 22.5. The lowest BCUT2D eigenvalue weighted by Crippen LogP contribution is -2.52. The molecule has 2 aliphatic heterocycles. The van der Waals surface area contributed by atoms with Gasteiger partial charge in [0.2, 0.25) is 0 Å². The lowest BCUT2D eigenvalue weighted by Gasteiger charge is -2.43. The van der Waals surface area contributed by atoms with Gasteiger partial charge < -0.3 is 4.90 Å². The van der Waals surface area contributed by atoms with Crippen molar-refractivity contribution in [1.29, 1.82) is 0 Å². The summed E-state index contributed by atoms with van der Waals surface area (Å²) in [4.78, 5) is 17.6. The van der Waals surface area contributed by atoms with Crippen LogP contribution in [-0.2, 0) is 6.54 Å². The second kappa shape index (κ2) is 7.12. The highest BCUT2D eigenvalue weighted by atomic mass is 16.2. The van der Waals surface area contributed by atoms with Crippen LogP contribution in [0.4, 0.5) is 0 Å². The second-order valence-electron chi connectivity index (χ2n) is 8.20. The van der Waals surface area contributed by atoms with Crippen LogP contribution in [0.2, 0.25) is 0 Å². The van der Waals surface area contributed by atoms with Crippen LogP contribution in [-0.4, -0.2) is 57.7 Å². The summed E-state index contributed by atoms with van der Waals surface area (Å²) in [5.74, 6) is 0.732. The van der Waals surface area contributed by atoms with Gasteiger partial charge in [0.25, 0.3) is 5.91 Å². The predicted octanol–water partition coefficient (Wildman–Crippen LogP) is 3.31. The third kappa shape index (κ3) is 3.29. The van der Waals surface area contributed by atoms with Gasteiger partial charge in [-0.1, -0.05) is 30.3 Å². The molecule has 1 aromatic carbocycles. The average Bonchev–Trinajstić information content (AvgIpc) is 3.23. The quantitative estimate of drug-likeness (QED) is 0.837. The molecular weight excluding hydrogens is 336 g/mol. The first-order valence-corrected chi connectivity index (χ1v) is 10.1. The van der Waals surface area contributed by atoms with Crippen molar-refractivity contribution >= 4 is 5.91 Å². The summed E-state index contributed by atoms with van der Waals surface area (Å²) in [5.41, 5.74) is 3.32. The highest BCUT2D eigenvalue weighted by molar-refractivity contribution is 5.92. The largest absolute Gasteiger partial charge is 0.337 e. The van der Waals surface area contributed by atoms with E-state index in [1.807, 2.05) is 29.5 Å². The molecule has 4 rings (SSSR count). The number of piperidine rings is 1. The molecule has 0 aliphatic carbocycles. The Morgan fingerprint density at radius 2 is 1.93 bits per heavy atom. The Hall–Kier alpha value is -2.14. The van der Waals surface area contributed by atoms with E-state index in [1.165, 1.54) is 12.0 Å². The molecule has 0 N–H and O–H groups in total. The van der Waals surface area contributed by atoms with E-state index in [2.05, 4.69) is 47.4 Å². The van der Waals surface area contributed by atoms with Gasteiger partial charge in [-0.2, -0.15) is 5.10 Å². The fraction of sp³-hybridized carbons (Fsp3) is 0.545. The number of hydrogen-bond acceptors (Lipinski definition) is 3. The van der Waals surface area contributed by atoms with Crippen LogP contribution in [0, 0.1) is 6.92 Å². The molecule has 5 nitrogen and oxygen atoms in total. The molecule has 1 unspecified atom stereocenters. The molecule has 2 fully saturated rings. The fourth-order valence-electron chi connectivity index (χ4n) is 4.98. The van der Waals surface area contributed by atoms with Crippen molar-refractivity contribution in [3.8, 4) is 0 Å². The Bertz CT molecular complexity index is 805. The number of likely N-dealkylation sites (tertiary alicyclic amines) is 2. The molecule has 2 saturated heterocycles. The first-order valence-electron chi connectivity index (χ1n) is 10.1. The molecule has 1 atom stereocenters. The maximum atomic E-state index is 13.0. The summed E-state index contributed by atoms with van der Waals surface area (Å²) >= 11 is 0. The van der Waals surface area contributed by atoms with Gasteiger partial charge in [-0.3, -0.25) is 14.4 Å². The lowest BCUT2D eigenvalue weighted by molar-refractivity contribution is 0.0482. The van der Waals surface area contributed by atoms with E-state index in [0.717, 1.165) is 50.4 Å². The number of likely N-dealkylation sites (N-methyl/N-ethyl adjacent to an activating group) is 1. The van der Waals surface area contributed by atoms with E-state index in [1.54, 1.807) is 0 Å². The summed E-state index contributed by atoms with van der Waals surface area (Å²) in [7, 11) is 2.26. The molecule has 2 aromatic rings. The third-order valence-corrected chi connectivity index (χ3v) is 6.60. The van der Waals surface area contributed by atoms with Gasteiger partial charge in [0.05, 0.1) is 5.69 Å². The summed E-state index contributed by atoms with van der Waals surface area (Å²) in [6.07, 6.45) is 3.30. The number of benzene rings is 1. The van der Waals surface area contributed by atoms with Crippen molar-refractivity contribution in [3.05, 3.63) is 53.3 Å². The monoisotopic (exact) mass is 366 g/mol. The maximum absolute atomic E-state index is 13.0. The molecule has 1 amide bonds. The minimum atomic E-state index is 0.132. The molecular formula is C22H30N4O. The van der Waals surface area contributed by atoms with Gasteiger partial charge in [0, 0.05) is 31.7 Å². The maximum Gasteiger partial charge on any atom is 0.272 e. The number of carbonyl (C=O) groups excluding carboxylic acids is 1. The molecule has 0 bridgehead atoms. The predicted molar refractivity (Wildman–Crippen MR) is 107 cm³/mol. The van der Waals surface area contributed by atoms with Crippen LogP contribution in [0.1, 0.15) is 53.8 Å². The van der Waals surface area contributed by atoms with Gasteiger partial charge in [-0.15, -0.1) is 0 Å². The number of aromatic nitrogens is 2. The molecule has 2 aliphatic rings. The summed E-state index contributed by atoms with van der Waals surface area (Å²) < 4.78 is 1.83. The molecule has 3 heterocycles. The van der Waals surface area contributed by atoms with Crippen molar-refractivity contribution in [2.75, 3.05) is 26.7 Å². The van der Waals surface area contributed by atoms with E-state index in [4.69, 9.17) is 0 Å². The van der Waals surface area contributed by atoms with E-state index >= 15 is 0 Å². The number of amides is 1. The zero-order valence-corrected chi connectivity index (χ0v) is 16.7. The van der Waals surface area contributed by atoms with Gasteiger partial charge in [-0.25, -0.2) is 0 Å². The van der Waals surface area contributed by atoms with Gasteiger partial charge in [0.15, 0.2) is 0 Å². The number of carbonyl (C=O) groups is 1. The Morgan fingerprint density at radius 1 is 1.22 bits per heavy atom. The third-order valence-electron chi connectivity index (χ3n) is 6.60. The number of aryl methyl sites for hydroxylation is 2. The van der Waals surface area contributed by atoms with Crippen LogP contribution in [0.15, 0.2) is 36.4 Å². The van der Waals surface area contributed by atoms with Crippen LogP contribution in [0.5, 0.6) is 0 Å². The number of rotatable bonds is 3. The second-order valence-corrected chi connectivity index (χ2v) is 8.20. The Balaban J connectivity index is 1.44. The topological polar surface area (TPSA) is 41.4 Å². The lowest BCUT2D eigenvalue weighted by atomic mass is 9.81. The van der Waals surface area contributed by atoms with E-state index in [0.29, 0.717) is 5.92 Å². The average molecular weight is 367 g/mol. The molecule has 0 radical (unpaired) electrons. The zero-order chi connectivity index (χ0) is 19.0. The summed E-state index contributed by atoms with van der Waals surface area (Å²) in [5, 5.41) is 4.43. The van der Waals surface area contributed by atoms with Crippen molar-refractivity contribution in [2.45, 2.75) is 51.1 Å². The van der Waals surface area contributed by atoms with Gasteiger partial charge in [-0.05, 0) is 57.7 Å². The van der Waals surface area contributed by atoms with Crippen LogP contribution >= 0.6 is 0 Å². The van der Waals surface area contributed by atoms with Crippen LogP contribution in [0.3, 0.4) is 0 Å². The first kappa shape index (κ1) is 18.2. The van der Waals surface area contributed by atoms with Gasteiger partial charge >= 0.3 is 0 Å². The zero-order valence-electron chi connectivity index (χ0n) is 16.7. The molecule has 5 heteroatoms. The van der Waals surface area contributed by atoms with Gasteiger partial charge in [0.1, 0.15) is 5.69 Å². The van der Waals surface area contributed by atoms with Crippen molar-refractivity contribution in [2.24, 2.45) is 0 Å². The molecule has 1 aromatic heterocycles. The highest BCUT2D eigenvalue weighted by Crippen LogP contribution is 2.44. The summed E-state index contributed by atoms with van der Waals surface area (Å²) in [6.45, 7) is 7.49.